The summed E-state index contributed by atoms with van der Waals surface area (Å²) >= 11 is 12.7. The molecule has 0 unspecified atom stereocenters. The Morgan fingerprint density at radius 3 is 2.37 bits per heavy atom. The molecule has 8 nitrogen and oxygen atoms in total. The lowest BCUT2D eigenvalue weighted by Crippen LogP contribution is -2.58. The predicted octanol–water partition coefficient (Wildman–Crippen LogP) is 4.78. The van der Waals surface area contributed by atoms with Gasteiger partial charge in [-0.15, -0.1) is 0 Å². The molecule has 1 aliphatic heterocycles. The van der Waals surface area contributed by atoms with Crippen molar-refractivity contribution in [3.63, 3.8) is 0 Å². The van der Waals surface area contributed by atoms with Crippen molar-refractivity contribution in [2.45, 2.75) is 39.4 Å². The molecule has 1 heterocycles. The van der Waals surface area contributed by atoms with E-state index in [-0.39, 0.29) is 39.3 Å². The third kappa shape index (κ3) is 4.77. The highest BCUT2D eigenvalue weighted by Crippen LogP contribution is 2.46. The number of carbonyl (C=O) groups excluding carboxylic acids is 3. The monoisotopic (exact) mass is 524 g/mol. The van der Waals surface area contributed by atoms with Gasteiger partial charge in [-0.2, -0.15) is 0 Å². The Labute approximate surface area is 213 Å². The average Bonchev–Trinajstić information content (AvgIpc) is 2.79. The summed E-state index contributed by atoms with van der Waals surface area (Å²) in [6, 6.07) is 0. The van der Waals surface area contributed by atoms with Crippen LogP contribution in [0.5, 0.6) is 11.5 Å². The van der Waals surface area contributed by atoms with Gasteiger partial charge in [0.1, 0.15) is 16.3 Å². The molecule has 0 N–H and O–H groups in total. The zero-order valence-electron chi connectivity index (χ0n) is 20.2. The number of allylic oxidation sites excluding steroid dienone is 3. The quantitative estimate of drug-likeness (QED) is 0.490. The normalized spacial score (nSPS) is 23.6. The van der Waals surface area contributed by atoms with Gasteiger partial charge in [0, 0.05) is 6.92 Å². The van der Waals surface area contributed by atoms with Crippen molar-refractivity contribution >= 4 is 40.9 Å². The van der Waals surface area contributed by atoms with Crippen molar-refractivity contribution in [2.24, 2.45) is 5.92 Å². The third-order valence-electron chi connectivity index (χ3n) is 5.93. The van der Waals surface area contributed by atoms with Crippen molar-refractivity contribution in [1.29, 1.82) is 0 Å². The van der Waals surface area contributed by atoms with Gasteiger partial charge in [-0.3, -0.25) is 9.59 Å². The SMILES string of the molecule is CC=CC1=CC2=CC(=O)[C@](C)(OC(=O)c3c(C)c(Cl)c(OC)c(Cl)c3OC)[C@@H](OC(C)=O)[C@@H]2CO1. The lowest BCUT2D eigenvalue weighted by atomic mass is 9.74. The number of hydrogen-bond donors (Lipinski definition) is 0. The number of methoxy groups -OCH3 is 2. The summed E-state index contributed by atoms with van der Waals surface area (Å²) in [5.41, 5.74) is -1.05. The Morgan fingerprint density at radius 1 is 1.14 bits per heavy atom. The first kappa shape index (κ1) is 26.6. The molecule has 3 atom stereocenters. The smallest absolute Gasteiger partial charge is 0.343 e. The molecule has 1 aliphatic carbocycles. The Balaban J connectivity index is 2.10. The van der Waals surface area contributed by atoms with Gasteiger partial charge in [0.2, 0.25) is 11.4 Å². The fourth-order valence-corrected chi connectivity index (χ4v) is 4.84. The fourth-order valence-electron chi connectivity index (χ4n) is 4.19. The van der Waals surface area contributed by atoms with Crippen LogP contribution in [-0.4, -0.2) is 50.3 Å². The van der Waals surface area contributed by atoms with Gasteiger partial charge in [0.25, 0.3) is 0 Å². The molecule has 0 spiro atoms. The summed E-state index contributed by atoms with van der Waals surface area (Å²) in [5, 5.41) is 0.0603. The molecule has 2 aliphatic rings. The molecule has 3 rings (SSSR count). The molecule has 0 bridgehead atoms. The molecule has 188 valence electrons. The predicted molar refractivity (Wildman–Crippen MR) is 129 cm³/mol. The van der Waals surface area contributed by atoms with Gasteiger partial charge in [-0.05, 0) is 50.1 Å². The molecule has 1 aromatic carbocycles. The maximum atomic E-state index is 13.5. The highest BCUT2D eigenvalue weighted by atomic mass is 35.5. The topological polar surface area (TPSA) is 97.4 Å². The molecular formula is C25H26Cl2O8. The molecule has 0 radical (unpaired) electrons. The minimum Gasteiger partial charge on any atom is -0.494 e. The van der Waals surface area contributed by atoms with Crippen LogP contribution in [0.4, 0.5) is 0 Å². The summed E-state index contributed by atoms with van der Waals surface area (Å²) in [5.74, 6) is -2.00. The summed E-state index contributed by atoms with van der Waals surface area (Å²) in [7, 11) is 2.70. The van der Waals surface area contributed by atoms with Gasteiger partial charge in [-0.1, -0.05) is 29.3 Å². The second kappa shape index (κ2) is 10.3. The lowest BCUT2D eigenvalue weighted by molar-refractivity contribution is -0.175. The number of ether oxygens (including phenoxy) is 5. The van der Waals surface area contributed by atoms with Crippen molar-refractivity contribution in [1.82, 2.24) is 0 Å². The summed E-state index contributed by atoms with van der Waals surface area (Å²) < 4.78 is 27.7. The van der Waals surface area contributed by atoms with E-state index in [1.165, 1.54) is 34.1 Å². The molecule has 0 saturated heterocycles. The molecule has 0 amide bonds. The maximum absolute atomic E-state index is 13.5. The lowest BCUT2D eigenvalue weighted by Gasteiger charge is -2.43. The van der Waals surface area contributed by atoms with E-state index in [0.29, 0.717) is 11.3 Å². The minimum atomic E-state index is -1.86. The van der Waals surface area contributed by atoms with E-state index in [4.69, 9.17) is 46.9 Å². The van der Waals surface area contributed by atoms with Gasteiger partial charge in [0.15, 0.2) is 17.6 Å². The first-order chi connectivity index (χ1) is 16.5. The molecule has 0 saturated carbocycles. The number of ketones is 1. The van der Waals surface area contributed by atoms with E-state index in [9.17, 15) is 14.4 Å². The Morgan fingerprint density at radius 2 is 1.80 bits per heavy atom. The first-order valence-electron chi connectivity index (χ1n) is 10.7. The standard InChI is InChI=1S/C25H26Cl2O8/c1-7-8-15-9-14-10-17(29)25(4,23(34-13(3)28)16(14)11-33-15)35-24(30)18-12(2)19(26)22(32-6)20(27)21(18)31-5/h7-10,16,23H,11H2,1-6H3/t16-,23+,25+/m1/s1. The van der Waals surface area contributed by atoms with Crippen LogP contribution in [0.15, 0.2) is 35.6 Å². The van der Waals surface area contributed by atoms with Crippen LogP contribution >= 0.6 is 23.2 Å². The largest absolute Gasteiger partial charge is 0.494 e. The molecule has 1 aromatic rings. The first-order valence-corrected chi connectivity index (χ1v) is 11.5. The van der Waals surface area contributed by atoms with E-state index >= 15 is 0 Å². The zero-order chi connectivity index (χ0) is 26.1. The van der Waals surface area contributed by atoms with Crippen LogP contribution in [-0.2, 0) is 23.8 Å². The van der Waals surface area contributed by atoms with Gasteiger partial charge in [-0.25, -0.2) is 4.79 Å². The van der Waals surface area contributed by atoms with Crippen molar-refractivity contribution in [3.8, 4) is 11.5 Å². The molecule has 0 fully saturated rings. The number of benzene rings is 1. The molecule has 10 heteroatoms. The highest BCUT2D eigenvalue weighted by molar-refractivity contribution is 6.39. The van der Waals surface area contributed by atoms with Crippen LogP contribution in [0, 0.1) is 12.8 Å². The van der Waals surface area contributed by atoms with Crippen molar-refractivity contribution in [2.75, 3.05) is 20.8 Å². The van der Waals surface area contributed by atoms with Crippen molar-refractivity contribution in [3.05, 3.63) is 56.8 Å². The number of hydrogen-bond acceptors (Lipinski definition) is 8. The van der Waals surface area contributed by atoms with E-state index in [2.05, 4.69) is 0 Å². The Bertz CT molecular complexity index is 1170. The van der Waals surface area contributed by atoms with Crippen LogP contribution in [0.3, 0.4) is 0 Å². The van der Waals surface area contributed by atoms with Gasteiger partial charge < -0.3 is 23.7 Å². The third-order valence-corrected chi connectivity index (χ3v) is 6.73. The molecular weight excluding hydrogens is 499 g/mol. The molecule has 0 aromatic heterocycles. The van der Waals surface area contributed by atoms with E-state index in [1.807, 2.05) is 6.92 Å². The second-order valence-corrected chi connectivity index (χ2v) is 8.95. The number of esters is 2. The van der Waals surface area contributed by atoms with Gasteiger partial charge >= 0.3 is 11.9 Å². The van der Waals surface area contributed by atoms with Crippen LogP contribution in [0.2, 0.25) is 10.0 Å². The number of carbonyl (C=O) groups is 3. The van der Waals surface area contributed by atoms with E-state index in [1.54, 1.807) is 25.2 Å². The summed E-state index contributed by atoms with van der Waals surface area (Å²) in [4.78, 5) is 38.8. The van der Waals surface area contributed by atoms with Crippen LogP contribution in [0.1, 0.15) is 36.7 Å². The molecule has 35 heavy (non-hydrogen) atoms. The Kier molecular flexibility index (Phi) is 7.87. The highest BCUT2D eigenvalue weighted by Gasteiger charge is 2.55. The van der Waals surface area contributed by atoms with E-state index in [0.717, 1.165) is 0 Å². The van der Waals surface area contributed by atoms with Gasteiger partial charge in [0.05, 0.1) is 31.8 Å². The van der Waals surface area contributed by atoms with E-state index < -0.39 is 35.3 Å². The van der Waals surface area contributed by atoms with Crippen molar-refractivity contribution < 1.29 is 38.1 Å². The summed E-state index contributed by atoms with van der Waals surface area (Å²) in [6.07, 6.45) is 5.48. The second-order valence-electron chi connectivity index (χ2n) is 8.19. The zero-order valence-corrected chi connectivity index (χ0v) is 21.7. The number of rotatable bonds is 6. The summed E-state index contributed by atoms with van der Waals surface area (Å²) in [6.45, 7) is 6.13. The fraction of sp³-hybridized carbons (Fsp3) is 0.400. The average molecular weight is 525 g/mol. The van der Waals surface area contributed by atoms with Crippen LogP contribution < -0.4 is 9.47 Å². The number of halogens is 2. The minimum absolute atomic E-state index is 0.0255. The number of fused-ring (bicyclic) bond motifs is 1. The Hall–Kier alpha value is -2.97. The maximum Gasteiger partial charge on any atom is 0.343 e. The van der Waals surface area contributed by atoms with Crippen LogP contribution in [0.25, 0.3) is 0 Å².